The van der Waals surface area contributed by atoms with Crippen molar-refractivity contribution in [3.63, 3.8) is 0 Å². The van der Waals surface area contributed by atoms with Crippen molar-refractivity contribution in [2.24, 2.45) is 0 Å². The number of ether oxygens (including phenoxy) is 4. The second kappa shape index (κ2) is 9.54. The molecule has 1 aromatic carbocycles. The quantitative estimate of drug-likeness (QED) is 0.416. The van der Waals surface area contributed by atoms with Crippen molar-refractivity contribution in [3.05, 3.63) is 43.0 Å². The molecule has 2 N–H and O–H groups in total. The minimum absolute atomic E-state index is 0.183. The highest BCUT2D eigenvalue weighted by molar-refractivity contribution is 5.78. The van der Waals surface area contributed by atoms with Crippen molar-refractivity contribution in [3.8, 4) is 17.4 Å². The lowest BCUT2D eigenvalue weighted by Gasteiger charge is -2.18. The van der Waals surface area contributed by atoms with Gasteiger partial charge >= 0.3 is 12.0 Å². The number of carbonyl (C=O) groups excluding carboxylic acids is 1. The lowest BCUT2D eigenvalue weighted by atomic mass is 10.1. The van der Waals surface area contributed by atoms with Gasteiger partial charge < -0.3 is 33.9 Å². The number of carboxylic acids is 1. The summed E-state index contributed by atoms with van der Waals surface area (Å²) in [4.78, 5) is 26.6. The van der Waals surface area contributed by atoms with Crippen molar-refractivity contribution in [2.75, 3.05) is 26.4 Å². The van der Waals surface area contributed by atoms with Gasteiger partial charge in [-0.05, 0) is 34.7 Å². The third-order valence-corrected chi connectivity index (χ3v) is 5.46. The van der Waals surface area contributed by atoms with Crippen LogP contribution in [0.2, 0.25) is 0 Å². The van der Waals surface area contributed by atoms with Gasteiger partial charge in [0.05, 0.1) is 25.6 Å². The van der Waals surface area contributed by atoms with E-state index < -0.39 is 36.7 Å². The molecule has 14 heteroatoms. The van der Waals surface area contributed by atoms with Gasteiger partial charge in [0.15, 0.2) is 0 Å². The molecule has 0 spiro atoms. The maximum Gasteiger partial charge on any atom is 0.341 e. The predicted octanol–water partition coefficient (Wildman–Crippen LogP) is -0.424. The third-order valence-electron chi connectivity index (χ3n) is 5.46. The van der Waals surface area contributed by atoms with E-state index in [9.17, 15) is 9.59 Å². The zero-order valence-corrected chi connectivity index (χ0v) is 17.8. The molecule has 2 aliphatic rings. The highest BCUT2D eigenvalue weighted by atomic mass is 16.6. The molecule has 34 heavy (non-hydrogen) atoms. The Balaban J connectivity index is 1.21. The number of benzene rings is 1. The molecule has 0 aliphatic carbocycles. The first kappa shape index (κ1) is 21.9. The second-order valence-electron chi connectivity index (χ2n) is 7.70. The number of aromatic nitrogens is 6. The number of nitrogens with zero attached hydrogens (tertiary/aromatic N) is 6. The molecule has 2 saturated heterocycles. The first-order valence-electron chi connectivity index (χ1n) is 10.4. The van der Waals surface area contributed by atoms with Crippen LogP contribution in [0.15, 0.2) is 43.0 Å². The molecule has 2 aromatic heterocycles. The number of hydrogen-bond acceptors (Lipinski definition) is 10. The van der Waals surface area contributed by atoms with E-state index in [1.807, 2.05) is 22.9 Å². The molecular formula is C20H21N7O7. The van der Waals surface area contributed by atoms with E-state index in [0.29, 0.717) is 5.75 Å². The fourth-order valence-electron chi connectivity index (χ4n) is 3.96. The van der Waals surface area contributed by atoms with Crippen molar-refractivity contribution in [1.29, 1.82) is 0 Å². The SMILES string of the molecule is O=C(O)COCC(=O)N[C@H]1CO[C@H]2[C@@H]1OC[C@@H]2n1nnnc1Oc1ccc(-n2ccnc2)cc1. The van der Waals surface area contributed by atoms with Crippen LogP contribution in [0.4, 0.5) is 0 Å². The fourth-order valence-corrected chi connectivity index (χ4v) is 3.96. The summed E-state index contributed by atoms with van der Waals surface area (Å²) in [6.45, 7) is -0.426. The van der Waals surface area contributed by atoms with Crippen LogP contribution in [0.3, 0.4) is 0 Å². The average Bonchev–Trinajstić information content (AvgIpc) is 3.61. The number of nitrogens with one attached hydrogen (secondary N) is 1. The maximum absolute atomic E-state index is 12.0. The first-order valence-corrected chi connectivity index (χ1v) is 10.4. The minimum atomic E-state index is -1.15. The Labute approximate surface area is 192 Å². The molecule has 4 heterocycles. The summed E-state index contributed by atoms with van der Waals surface area (Å²) in [7, 11) is 0. The second-order valence-corrected chi connectivity index (χ2v) is 7.70. The molecule has 14 nitrogen and oxygen atoms in total. The van der Waals surface area contributed by atoms with Crippen LogP contribution in [0, 0.1) is 0 Å². The van der Waals surface area contributed by atoms with Crippen LogP contribution in [-0.4, -0.2) is 91.4 Å². The standard InChI is InChI=1S/C20H21N7O7/c28-16(9-31-10-17(29)30)22-14-7-32-19-15(8-33-18(14)19)27-20(23-24-25-27)34-13-3-1-12(2-4-13)26-6-5-21-11-26/h1-6,11,14-15,18-19H,7-10H2,(H,22,28)(H,29,30)/t14-,15-,18+,19+/m0/s1. The van der Waals surface area contributed by atoms with Crippen molar-refractivity contribution < 1.29 is 33.6 Å². The van der Waals surface area contributed by atoms with Gasteiger partial charge in [-0.3, -0.25) is 4.79 Å². The van der Waals surface area contributed by atoms with Crippen LogP contribution >= 0.6 is 0 Å². The molecule has 2 fully saturated rings. The van der Waals surface area contributed by atoms with Crippen molar-refractivity contribution in [2.45, 2.75) is 24.3 Å². The van der Waals surface area contributed by atoms with Crippen LogP contribution in [-0.2, 0) is 23.8 Å². The van der Waals surface area contributed by atoms with Gasteiger partial charge in [0.1, 0.15) is 37.2 Å². The minimum Gasteiger partial charge on any atom is -0.480 e. The van der Waals surface area contributed by atoms with Crippen molar-refractivity contribution in [1.82, 2.24) is 35.1 Å². The molecule has 0 unspecified atom stereocenters. The van der Waals surface area contributed by atoms with Gasteiger partial charge in [-0.1, -0.05) is 5.10 Å². The summed E-state index contributed by atoms with van der Waals surface area (Å²) in [6, 6.07) is 6.78. The molecule has 1 amide bonds. The molecule has 178 valence electrons. The molecule has 2 aliphatic heterocycles. The fraction of sp³-hybridized carbons (Fsp3) is 0.400. The van der Waals surface area contributed by atoms with Gasteiger partial charge in [-0.15, -0.1) is 0 Å². The van der Waals surface area contributed by atoms with Gasteiger partial charge in [0.25, 0.3) is 0 Å². The lowest BCUT2D eigenvalue weighted by Crippen LogP contribution is -2.45. The maximum atomic E-state index is 12.0. The Morgan fingerprint density at radius 3 is 2.74 bits per heavy atom. The Bertz CT molecular complexity index is 1130. The Kier molecular flexibility index (Phi) is 6.16. The van der Waals surface area contributed by atoms with E-state index in [2.05, 4.69) is 25.8 Å². The van der Waals surface area contributed by atoms with E-state index in [1.54, 1.807) is 24.7 Å². The lowest BCUT2D eigenvalue weighted by molar-refractivity contribution is -0.143. The summed E-state index contributed by atoms with van der Waals surface area (Å²) in [6.07, 6.45) is 4.42. The van der Waals surface area contributed by atoms with E-state index in [0.717, 1.165) is 5.69 Å². The number of carboxylic acid groups (broad SMARTS) is 1. The van der Waals surface area contributed by atoms with Crippen LogP contribution in [0.5, 0.6) is 11.8 Å². The highest BCUT2D eigenvalue weighted by Crippen LogP contribution is 2.36. The van der Waals surface area contributed by atoms with Gasteiger partial charge in [0, 0.05) is 18.1 Å². The van der Waals surface area contributed by atoms with Gasteiger partial charge in [-0.25, -0.2) is 9.78 Å². The molecular weight excluding hydrogens is 450 g/mol. The average molecular weight is 471 g/mol. The number of imidazole rings is 1. The summed E-state index contributed by atoms with van der Waals surface area (Å²) >= 11 is 0. The topological polar surface area (TPSA) is 165 Å². The number of carbonyl (C=O) groups is 2. The number of tetrazole rings is 1. The summed E-state index contributed by atoms with van der Waals surface area (Å²) in [5, 5.41) is 23.1. The summed E-state index contributed by atoms with van der Waals surface area (Å²) < 4.78 is 25.8. The van der Waals surface area contributed by atoms with E-state index >= 15 is 0 Å². The molecule has 4 atom stereocenters. The summed E-state index contributed by atoms with van der Waals surface area (Å²) in [5.41, 5.74) is 0.928. The van der Waals surface area contributed by atoms with Gasteiger partial charge in [0.2, 0.25) is 5.91 Å². The van der Waals surface area contributed by atoms with E-state index in [-0.39, 0.29) is 31.9 Å². The molecule has 0 bridgehead atoms. The Morgan fingerprint density at radius 1 is 1.15 bits per heavy atom. The van der Waals surface area contributed by atoms with Crippen molar-refractivity contribution >= 4 is 11.9 Å². The number of fused-ring (bicyclic) bond motifs is 1. The summed E-state index contributed by atoms with van der Waals surface area (Å²) in [5.74, 6) is -1.05. The largest absolute Gasteiger partial charge is 0.480 e. The highest BCUT2D eigenvalue weighted by Gasteiger charge is 2.50. The zero-order chi connectivity index (χ0) is 23.5. The Hall–Kier alpha value is -3.88. The molecule has 5 rings (SSSR count). The van der Waals surface area contributed by atoms with E-state index in [4.69, 9.17) is 24.1 Å². The normalized spacial score (nSPS) is 23.5. The molecule has 3 aromatic rings. The first-order chi connectivity index (χ1) is 16.6. The Morgan fingerprint density at radius 2 is 1.97 bits per heavy atom. The number of hydrogen-bond donors (Lipinski definition) is 2. The number of rotatable bonds is 9. The smallest absolute Gasteiger partial charge is 0.341 e. The van der Waals surface area contributed by atoms with Crippen LogP contribution < -0.4 is 10.1 Å². The van der Waals surface area contributed by atoms with Crippen LogP contribution in [0.1, 0.15) is 6.04 Å². The number of amides is 1. The monoisotopic (exact) mass is 471 g/mol. The predicted molar refractivity (Wildman–Crippen MR) is 110 cm³/mol. The van der Waals surface area contributed by atoms with Gasteiger partial charge in [-0.2, -0.15) is 4.68 Å². The van der Waals surface area contributed by atoms with Crippen LogP contribution in [0.25, 0.3) is 5.69 Å². The molecule has 0 radical (unpaired) electrons. The third kappa shape index (κ3) is 4.59. The van der Waals surface area contributed by atoms with E-state index in [1.165, 1.54) is 4.68 Å². The molecule has 0 saturated carbocycles. The zero-order valence-electron chi connectivity index (χ0n) is 17.8. The number of aliphatic carboxylic acids is 1.